The predicted octanol–water partition coefficient (Wildman–Crippen LogP) is 2.18. The zero-order chi connectivity index (χ0) is 10.4. The van der Waals surface area contributed by atoms with Gasteiger partial charge in [-0.15, -0.1) is 0 Å². The third-order valence-electron chi connectivity index (χ3n) is 1.79. The first-order valence-corrected chi connectivity index (χ1v) is 4.76. The van der Waals surface area contributed by atoms with Gasteiger partial charge in [-0.25, -0.2) is 5.43 Å². The van der Waals surface area contributed by atoms with Gasteiger partial charge in [0.2, 0.25) is 5.91 Å². The molecule has 0 bridgehead atoms. The average Bonchev–Trinajstić information content (AvgIpc) is 1.98. The molecule has 0 saturated carbocycles. The van der Waals surface area contributed by atoms with Crippen LogP contribution in [0.25, 0.3) is 0 Å². The molecule has 0 atom stereocenters. The lowest BCUT2D eigenvalue weighted by Gasteiger charge is -2.06. The van der Waals surface area contributed by atoms with E-state index in [0.717, 1.165) is 5.71 Å². The molecular weight excluding hydrogens is 164 g/mol. The van der Waals surface area contributed by atoms with Crippen LogP contribution in [0.2, 0.25) is 0 Å². The standard InChI is InChI=1S/C10H20N2O/c1-7(2)6-10(13)12-11-9(5)8(3)4/h7-8H,6H2,1-5H3,(H,12,13). The minimum atomic E-state index is -0.00463. The second-order valence-corrected chi connectivity index (χ2v) is 4.04. The first-order valence-electron chi connectivity index (χ1n) is 4.76. The van der Waals surface area contributed by atoms with Crippen molar-refractivity contribution in [2.45, 2.75) is 41.0 Å². The van der Waals surface area contributed by atoms with Gasteiger partial charge in [-0.3, -0.25) is 4.79 Å². The fourth-order valence-corrected chi connectivity index (χ4v) is 0.696. The van der Waals surface area contributed by atoms with Crippen LogP contribution in [0.1, 0.15) is 41.0 Å². The highest BCUT2D eigenvalue weighted by Crippen LogP contribution is 1.99. The Labute approximate surface area is 80.6 Å². The maximum Gasteiger partial charge on any atom is 0.240 e. The van der Waals surface area contributed by atoms with Crippen LogP contribution in [0.5, 0.6) is 0 Å². The quantitative estimate of drug-likeness (QED) is 0.528. The van der Waals surface area contributed by atoms with Crippen molar-refractivity contribution in [3.8, 4) is 0 Å². The van der Waals surface area contributed by atoms with E-state index in [1.165, 1.54) is 0 Å². The van der Waals surface area contributed by atoms with Gasteiger partial charge in [0.05, 0.1) is 0 Å². The zero-order valence-electron chi connectivity index (χ0n) is 9.22. The molecule has 0 aliphatic carbocycles. The van der Waals surface area contributed by atoms with Crippen LogP contribution in [0.4, 0.5) is 0 Å². The van der Waals surface area contributed by atoms with Crippen LogP contribution >= 0.6 is 0 Å². The Morgan fingerprint density at radius 2 is 1.85 bits per heavy atom. The van der Waals surface area contributed by atoms with Crippen molar-refractivity contribution >= 4 is 11.6 Å². The molecule has 0 aromatic carbocycles. The van der Waals surface area contributed by atoms with E-state index in [0.29, 0.717) is 18.3 Å². The first-order chi connectivity index (χ1) is 5.93. The largest absolute Gasteiger partial charge is 0.273 e. The van der Waals surface area contributed by atoms with E-state index < -0.39 is 0 Å². The number of rotatable bonds is 4. The van der Waals surface area contributed by atoms with Crippen LogP contribution < -0.4 is 5.43 Å². The number of hydrogen-bond acceptors (Lipinski definition) is 2. The third-order valence-corrected chi connectivity index (χ3v) is 1.79. The second-order valence-electron chi connectivity index (χ2n) is 4.04. The molecule has 0 fully saturated rings. The smallest absolute Gasteiger partial charge is 0.240 e. The maximum absolute atomic E-state index is 11.2. The number of carbonyl (C=O) groups excluding carboxylic acids is 1. The molecule has 0 saturated heterocycles. The fourth-order valence-electron chi connectivity index (χ4n) is 0.696. The summed E-state index contributed by atoms with van der Waals surface area (Å²) in [5, 5.41) is 3.99. The van der Waals surface area contributed by atoms with Gasteiger partial charge in [-0.2, -0.15) is 5.10 Å². The molecule has 13 heavy (non-hydrogen) atoms. The average molecular weight is 184 g/mol. The molecule has 0 aliphatic rings. The van der Waals surface area contributed by atoms with E-state index >= 15 is 0 Å². The van der Waals surface area contributed by atoms with E-state index in [4.69, 9.17) is 0 Å². The highest BCUT2D eigenvalue weighted by Gasteiger charge is 2.03. The van der Waals surface area contributed by atoms with E-state index in [1.807, 2.05) is 34.6 Å². The summed E-state index contributed by atoms with van der Waals surface area (Å²) in [6.07, 6.45) is 0.537. The van der Waals surface area contributed by atoms with Gasteiger partial charge >= 0.3 is 0 Å². The van der Waals surface area contributed by atoms with E-state index in [2.05, 4.69) is 10.5 Å². The number of amides is 1. The molecule has 3 heteroatoms. The molecule has 0 aliphatic heterocycles. The molecule has 1 N–H and O–H groups in total. The van der Waals surface area contributed by atoms with Crippen molar-refractivity contribution in [2.24, 2.45) is 16.9 Å². The van der Waals surface area contributed by atoms with Gasteiger partial charge in [-0.05, 0) is 18.8 Å². The molecule has 0 radical (unpaired) electrons. The number of hydrogen-bond donors (Lipinski definition) is 1. The van der Waals surface area contributed by atoms with E-state index in [9.17, 15) is 4.79 Å². The summed E-state index contributed by atoms with van der Waals surface area (Å²) < 4.78 is 0. The van der Waals surface area contributed by atoms with Crippen molar-refractivity contribution < 1.29 is 4.79 Å². The minimum absolute atomic E-state index is 0.00463. The normalized spacial score (nSPS) is 12.4. The highest BCUT2D eigenvalue weighted by molar-refractivity contribution is 5.85. The van der Waals surface area contributed by atoms with Crippen LogP contribution in [0.3, 0.4) is 0 Å². The third kappa shape index (κ3) is 6.31. The molecule has 0 aromatic heterocycles. The SMILES string of the molecule is CC(=NNC(=O)CC(C)C)C(C)C. The van der Waals surface area contributed by atoms with Gasteiger partial charge < -0.3 is 0 Å². The lowest BCUT2D eigenvalue weighted by molar-refractivity contribution is -0.121. The van der Waals surface area contributed by atoms with Gasteiger partial charge in [-0.1, -0.05) is 27.7 Å². The topological polar surface area (TPSA) is 41.5 Å². The van der Waals surface area contributed by atoms with Crippen LogP contribution in [0.15, 0.2) is 5.10 Å². The predicted molar refractivity (Wildman–Crippen MR) is 55.5 cm³/mol. The molecule has 1 amide bonds. The van der Waals surface area contributed by atoms with Gasteiger partial charge in [0.1, 0.15) is 0 Å². The summed E-state index contributed by atoms with van der Waals surface area (Å²) in [6.45, 7) is 10.0. The summed E-state index contributed by atoms with van der Waals surface area (Å²) >= 11 is 0. The van der Waals surface area contributed by atoms with Crippen molar-refractivity contribution in [1.82, 2.24) is 5.43 Å². The van der Waals surface area contributed by atoms with Crippen molar-refractivity contribution in [3.05, 3.63) is 0 Å². The van der Waals surface area contributed by atoms with E-state index in [1.54, 1.807) is 0 Å². The Balaban J connectivity index is 3.88. The minimum Gasteiger partial charge on any atom is -0.273 e. The van der Waals surface area contributed by atoms with Crippen LogP contribution in [0, 0.1) is 11.8 Å². The Morgan fingerprint density at radius 1 is 1.31 bits per heavy atom. The summed E-state index contributed by atoms with van der Waals surface area (Å²) in [5.74, 6) is 0.768. The van der Waals surface area contributed by atoms with Crippen molar-refractivity contribution in [3.63, 3.8) is 0 Å². The Morgan fingerprint density at radius 3 is 2.23 bits per heavy atom. The van der Waals surface area contributed by atoms with Crippen molar-refractivity contribution in [1.29, 1.82) is 0 Å². The number of nitrogens with zero attached hydrogens (tertiary/aromatic N) is 1. The fraction of sp³-hybridized carbons (Fsp3) is 0.800. The van der Waals surface area contributed by atoms with Crippen LogP contribution in [-0.2, 0) is 4.79 Å². The number of carbonyl (C=O) groups is 1. The summed E-state index contributed by atoms with van der Waals surface area (Å²) in [6, 6.07) is 0. The molecule has 3 nitrogen and oxygen atoms in total. The molecule has 0 heterocycles. The van der Waals surface area contributed by atoms with E-state index in [-0.39, 0.29) is 5.91 Å². The van der Waals surface area contributed by atoms with Crippen molar-refractivity contribution in [2.75, 3.05) is 0 Å². The molecule has 0 unspecified atom stereocenters. The summed E-state index contributed by atoms with van der Waals surface area (Å²) in [7, 11) is 0. The van der Waals surface area contributed by atoms with Crippen LogP contribution in [-0.4, -0.2) is 11.6 Å². The number of nitrogens with one attached hydrogen (secondary N) is 1. The highest BCUT2D eigenvalue weighted by atomic mass is 16.2. The molecule has 0 aromatic rings. The Bertz CT molecular complexity index is 195. The molecule has 76 valence electrons. The Hall–Kier alpha value is -0.860. The lowest BCUT2D eigenvalue weighted by Crippen LogP contribution is -2.21. The Kier molecular flexibility index (Phi) is 5.35. The monoisotopic (exact) mass is 184 g/mol. The van der Waals surface area contributed by atoms with Gasteiger partial charge in [0, 0.05) is 12.1 Å². The summed E-state index contributed by atoms with van der Waals surface area (Å²) in [4.78, 5) is 11.2. The second kappa shape index (κ2) is 5.73. The van der Waals surface area contributed by atoms with Gasteiger partial charge in [0.15, 0.2) is 0 Å². The number of hydrazone groups is 1. The molecule has 0 spiro atoms. The molecular formula is C10H20N2O. The lowest BCUT2D eigenvalue weighted by atomic mass is 10.1. The molecule has 0 rings (SSSR count). The first kappa shape index (κ1) is 12.1. The zero-order valence-corrected chi connectivity index (χ0v) is 9.22. The maximum atomic E-state index is 11.2. The summed E-state index contributed by atoms with van der Waals surface area (Å²) in [5.41, 5.74) is 3.50. The van der Waals surface area contributed by atoms with Gasteiger partial charge in [0.25, 0.3) is 0 Å².